The Morgan fingerprint density at radius 2 is 2.06 bits per heavy atom. The van der Waals surface area contributed by atoms with Gasteiger partial charge in [-0.1, -0.05) is 31.5 Å². The number of benzene rings is 1. The molecule has 0 heterocycles. The van der Waals surface area contributed by atoms with Crippen molar-refractivity contribution in [3.8, 4) is 0 Å². The molecule has 0 aliphatic carbocycles. The summed E-state index contributed by atoms with van der Waals surface area (Å²) in [5.74, 6) is -0.407. The highest BCUT2D eigenvalue weighted by molar-refractivity contribution is 6.30. The standard InChI is InChI=1S/C13H18ClFO2/c1-4-17-13(8(2)3)12(16)10-6-5-9(14)7-11(10)15/h5-8,12-13,16H,4H2,1-3H3. The van der Waals surface area contributed by atoms with Crippen molar-refractivity contribution < 1.29 is 14.2 Å². The first kappa shape index (κ1) is 14.4. The van der Waals surface area contributed by atoms with E-state index in [2.05, 4.69) is 0 Å². The molecular formula is C13H18ClFO2. The molecule has 96 valence electrons. The Labute approximate surface area is 106 Å². The van der Waals surface area contributed by atoms with E-state index in [4.69, 9.17) is 16.3 Å². The molecular weight excluding hydrogens is 243 g/mol. The highest BCUT2D eigenvalue weighted by atomic mass is 35.5. The van der Waals surface area contributed by atoms with E-state index < -0.39 is 18.0 Å². The minimum atomic E-state index is -0.979. The third-order valence-electron chi connectivity index (χ3n) is 2.61. The predicted molar refractivity (Wildman–Crippen MR) is 66.6 cm³/mol. The minimum absolute atomic E-state index is 0.0972. The normalized spacial score (nSPS) is 15.0. The zero-order chi connectivity index (χ0) is 13.0. The number of aliphatic hydroxyl groups excluding tert-OH is 1. The topological polar surface area (TPSA) is 29.5 Å². The van der Waals surface area contributed by atoms with E-state index in [0.717, 1.165) is 0 Å². The molecule has 0 radical (unpaired) electrons. The number of hydrogen-bond donors (Lipinski definition) is 1. The second-order valence-electron chi connectivity index (χ2n) is 4.27. The number of rotatable bonds is 5. The molecule has 0 bridgehead atoms. The van der Waals surface area contributed by atoms with Crippen molar-refractivity contribution in [1.82, 2.24) is 0 Å². The van der Waals surface area contributed by atoms with Crippen LogP contribution >= 0.6 is 11.6 Å². The minimum Gasteiger partial charge on any atom is -0.386 e. The fourth-order valence-electron chi connectivity index (χ4n) is 1.76. The fraction of sp³-hybridized carbons (Fsp3) is 0.538. The van der Waals surface area contributed by atoms with Gasteiger partial charge >= 0.3 is 0 Å². The number of hydrogen-bond acceptors (Lipinski definition) is 2. The van der Waals surface area contributed by atoms with Gasteiger partial charge in [0.15, 0.2) is 0 Å². The third-order valence-corrected chi connectivity index (χ3v) is 2.84. The molecule has 0 amide bonds. The van der Waals surface area contributed by atoms with Crippen molar-refractivity contribution >= 4 is 11.6 Å². The lowest BCUT2D eigenvalue weighted by atomic mass is 9.95. The van der Waals surface area contributed by atoms with Gasteiger partial charge in [-0.05, 0) is 25.0 Å². The molecule has 2 atom stereocenters. The van der Waals surface area contributed by atoms with E-state index in [1.807, 2.05) is 20.8 Å². The van der Waals surface area contributed by atoms with Crippen LogP contribution in [0, 0.1) is 11.7 Å². The number of halogens is 2. The van der Waals surface area contributed by atoms with Crippen LogP contribution < -0.4 is 0 Å². The summed E-state index contributed by atoms with van der Waals surface area (Å²) >= 11 is 5.67. The van der Waals surface area contributed by atoms with Crippen LogP contribution in [0.3, 0.4) is 0 Å². The molecule has 0 aromatic heterocycles. The van der Waals surface area contributed by atoms with Crippen molar-refractivity contribution in [2.45, 2.75) is 33.0 Å². The highest BCUT2D eigenvalue weighted by Crippen LogP contribution is 2.28. The molecule has 1 aromatic carbocycles. The van der Waals surface area contributed by atoms with Gasteiger partial charge in [-0.3, -0.25) is 0 Å². The lowest BCUT2D eigenvalue weighted by Crippen LogP contribution is -2.28. The molecule has 1 N–H and O–H groups in total. The summed E-state index contributed by atoms with van der Waals surface area (Å²) < 4.78 is 19.1. The van der Waals surface area contributed by atoms with E-state index in [1.54, 1.807) is 6.07 Å². The van der Waals surface area contributed by atoms with Crippen molar-refractivity contribution in [3.05, 3.63) is 34.6 Å². The zero-order valence-electron chi connectivity index (χ0n) is 10.3. The van der Waals surface area contributed by atoms with Crippen molar-refractivity contribution in [3.63, 3.8) is 0 Å². The molecule has 1 aromatic rings. The largest absolute Gasteiger partial charge is 0.386 e. The molecule has 0 aliphatic heterocycles. The Kier molecular flexibility index (Phi) is 5.37. The van der Waals surface area contributed by atoms with Gasteiger partial charge in [0.05, 0.1) is 6.10 Å². The molecule has 1 rings (SSSR count). The summed E-state index contributed by atoms with van der Waals surface area (Å²) in [4.78, 5) is 0. The summed E-state index contributed by atoms with van der Waals surface area (Å²) in [6.45, 7) is 6.18. The Morgan fingerprint density at radius 3 is 2.53 bits per heavy atom. The van der Waals surface area contributed by atoms with Crippen LogP contribution in [0.15, 0.2) is 18.2 Å². The SMILES string of the molecule is CCOC(C(C)C)C(O)c1ccc(Cl)cc1F. The summed E-state index contributed by atoms with van der Waals surface area (Å²) in [6.07, 6.45) is -1.40. The lowest BCUT2D eigenvalue weighted by molar-refractivity contribution is -0.0597. The smallest absolute Gasteiger partial charge is 0.130 e. The van der Waals surface area contributed by atoms with Gasteiger partial charge in [0.1, 0.15) is 11.9 Å². The first-order valence-electron chi connectivity index (χ1n) is 5.72. The molecule has 17 heavy (non-hydrogen) atoms. The average molecular weight is 261 g/mol. The first-order valence-corrected chi connectivity index (χ1v) is 6.09. The van der Waals surface area contributed by atoms with Gasteiger partial charge in [0.25, 0.3) is 0 Å². The average Bonchev–Trinajstić information content (AvgIpc) is 2.24. The summed E-state index contributed by atoms with van der Waals surface area (Å²) in [5, 5.41) is 10.5. The van der Waals surface area contributed by atoms with Gasteiger partial charge < -0.3 is 9.84 Å². The fourth-order valence-corrected chi connectivity index (χ4v) is 1.92. The van der Waals surface area contributed by atoms with Crippen LogP contribution in [0.5, 0.6) is 0 Å². The van der Waals surface area contributed by atoms with E-state index in [9.17, 15) is 9.50 Å². The van der Waals surface area contributed by atoms with Gasteiger partial charge in [0.2, 0.25) is 0 Å². The molecule has 2 nitrogen and oxygen atoms in total. The summed E-state index contributed by atoms with van der Waals surface area (Å²) in [7, 11) is 0. The van der Waals surface area contributed by atoms with Crippen LogP contribution in [-0.4, -0.2) is 17.8 Å². The molecule has 4 heteroatoms. The molecule has 0 aliphatic rings. The molecule has 0 saturated heterocycles. The van der Waals surface area contributed by atoms with Crippen LogP contribution in [-0.2, 0) is 4.74 Å². The van der Waals surface area contributed by atoms with Gasteiger partial charge in [-0.25, -0.2) is 4.39 Å². The zero-order valence-corrected chi connectivity index (χ0v) is 11.0. The second-order valence-corrected chi connectivity index (χ2v) is 4.71. The lowest BCUT2D eigenvalue weighted by Gasteiger charge is -2.26. The number of ether oxygens (including phenoxy) is 1. The van der Waals surface area contributed by atoms with Gasteiger partial charge in [0, 0.05) is 17.2 Å². The van der Waals surface area contributed by atoms with Crippen LogP contribution in [0.4, 0.5) is 4.39 Å². The third kappa shape index (κ3) is 3.66. The second kappa shape index (κ2) is 6.34. The van der Waals surface area contributed by atoms with Crippen LogP contribution in [0.2, 0.25) is 5.02 Å². The van der Waals surface area contributed by atoms with E-state index in [1.165, 1.54) is 12.1 Å². The Balaban J connectivity index is 2.96. The first-order chi connectivity index (χ1) is 7.97. The maximum atomic E-state index is 13.7. The van der Waals surface area contributed by atoms with E-state index in [0.29, 0.717) is 11.6 Å². The molecule has 0 fully saturated rings. The van der Waals surface area contributed by atoms with Gasteiger partial charge in [-0.15, -0.1) is 0 Å². The van der Waals surface area contributed by atoms with Gasteiger partial charge in [-0.2, -0.15) is 0 Å². The molecule has 0 saturated carbocycles. The van der Waals surface area contributed by atoms with E-state index >= 15 is 0 Å². The van der Waals surface area contributed by atoms with Crippen molar-refractivity contribution in [1.29, 1.82) is 0 Å². The summed E-state index contributed by atoms with van der Waals surface area (Å²) in [6, 6.07) is 4.26. The van der Waals surface area contributed by atoms with Crippen LogP contribution in [0.25, 0.3) is 0 Å². The van der Waals surface area contributed by atoms with Crippen molar-refractivity contribution in [2.24, 2.45) is 5.92 Å². The molecule has 2 unspecified atom stereocenters. The predicted octanol–water partition coefficient (Wildman–Crippen LogP) is 3.57. The Morgan fingerprint density at radius 1 is 1.41 bits per heavy atom. The Bertz CT molecular complexity index is 368. The maximum Gasteiger partial charge on any atom is 0.130 e. The number of aliphatic hydroxyl groups is 1. The monoisotopic (exact) mass is 260 g/mol. The molecule has 0 spiro atoms. The highest BCUT2D eigenvalue weighted by Gasteiger charge is 2.26. The Hall–Kier alpha value is -0.640. The summed E-state index contributed by atoms with van der Waals surface area (Å²) in [5.41, 5.74) is 0.224. The van der Waals surface area contributed by atoms with Crippen LogP contribution in [0.1, 0.15) is 32.4 Å². The van der Waals surface area contributed by atoms with Crippen molar-refractivity contribution in [2.75, 3.05) is 6.61 Å². The quantitative estimate of drug-likeness (QED) is 0.877. The maximum absolute atomic E-state index is 13.7. The van der Waals surface area contributed by atoms with E-state index in [-0.39, 0.29) is 11.5 Å².